The van der Waals surface area contributed by atoms with E-state index in [0.717, 1.165) is 24.4 Å². The van der Waals surface area contributed by atoms with Gasteiger partial charge in [0.05, 0.1) is 0 Å². The largest absolute Gasteiger partial charge is 0.385 e. The molecule has 3 atom stereocenters. The highest BCUT2D eigenvalue weighted by molar-refractivity contribution is 4.86. The number of rotatable bonds is 8. The van der Waals surface area contributed by atoms with Crippen LogP contribution in [0.3, 0.4) is 0 Å². The molecule has 20 heavy (non-hydrogen) atoms. The molecule has 2 heteroatoms. The van der Waals surface area contributed by atoms with Crippen molar-refractivity contribution >= 4 is 0 Å². The van der Waals surface area contributed by atoms with Gasteiger partial charge in [0.15, 0.2) is 0 Å². The van der Waals surface area contributed by atoms with Crippen LogP contribution >= 0.6 is 0 Å². The van der Waals surface area contributed by atoms with Crippen molar-refractivity contribution in [1.29, 1.82) is 0 Å². The van der Waals surface area contributed by atoms with Gasteiger partial charge in [-0.05, 0) is 74.8 Å². The molecule has 1 N–H and O–H groups in total. The first kappa shape index (κ1) is 18.0. The van der Waals surface area contributed by atoms with Gasteiger partial charge in [0.2, 0.25) is 0 Å². The molecule has 1 aliphatic carbocycles. The average molecular weight is 283 g/mol. The fourth-order valence-corrected chi connectivity index (χ4v) is 3.69. The van der Waals surface area contributed by atoms with Crippen molar-refractivity contribution < 1.29 is 4.74 Å². The summed E-state index contributed by atoms with van der Waals surface area (Å²) in [5.41, 5.74) is 0.474. The Labute approximate surface area is 127 Å². The van der Waals surface area contributed by atoms with Crippen LogP contribution in [0.5, 0.6) is 0 Å². The Balaban J connectivity index is 2.50. The molecule has 0 saturated heterocycles. The molecule has 0 aliphatic heterocycles. The van der Waals surface area contributed by atoms with E-state index in [4.69, 9.17) is 4.74 Å². The third-order valence-electron chi connectivity index (χ3n) is 5.12. The molecule has 1 rings (SSSR count). The van der Waals surface area contributed by atoms with Crippen LogP contribution in [0.2, 0.25) is 0 Å². The predicted octanol–water partition coefficient (Wildman–Crippen LogP) is 4.49. The monoisotopic (exact) mass is 283 g/mol. The summed E-state index contributed by atoms with van der Waals surface area (Å²) >= 11 is 0. The van der Waals surface area contributed by atoms with Crippen molar-refractivity contribution in [3.05, 3.63) is 0 Å². The summed E-state index contributed by atoms with van der Waals surface area (Å²) in [7, 11) is 1.82. The number of nitrogens with one attached hydrogen (secondary N) is 1. The van der Waals surface area contributed by atoms with Gasteiger partial charge in [0.25, 0.3) is 0 Å². The second-order valence-electron chi connectivity index (χ2n) is 7.74. The zero-order valence-corrected chi connectivity index (χ0v) is 14.5. The lowest BCUT2D eigenvalue weighted by Crippen LogP contribution is -2.37. The van der Waals surface area contributed by atoms with Crippen LogP contribution in [0.15, 0.2) is 0 Å². The molecule has 3 unspecified atom stereocenters. The van der Waals surface area contributed by atoms with E-state index in [9.17, 15) is 0 Å². The zero-order chi connectivity index (χ0) is 15.0. The summed E-state index contributed by atoms with van der Waals surface area (Å²) in [6.07, 6.45) is 8.07. The molecule has 0 bridgehead atoms. The minimum atomic E-state index is 0.474. The van der Waals surface area contributed by atoms with Gasteiger partial charge in [-0.2, -0.15) is 0 Å². The van der Waals surface area contributed by atoms with Crippen LogP contribution in [-0.2, 0) is 4.74 Å². The molecule has 0 aromatic carbocycles. The van der Waals surface area contributed by atoms with Gasteiger partial charge in [-0.15, -0.1) is 0 Å². The number of hydrogen-bond donors (Lipinski definition) is 1. The molecule has 0 radical (unpaired) electrons. The molecule has 2 nitrogen and oxygen atoms in total. The lowest BCUT2D eigenvalue weighted by atomic mass is 9.64. The van der Waals surface area contributed by atoms with E-state index < -0.39 is 0 Å². The topological polar surface area (TPSA) is 21.3 Å². The van der Waals surface area contributed by atoms with Gasteiger partial charge in [0, 0.05) is 13.7 Å². The van der Waals surface area contributed by atoms with E-state index in [2.05, 4.69) is 33.0 Å². The van der Waals surface area contributed by atoms with Crippen molar-refractivity contribution in [1.82, 2.24) is 5.32 Å². The molecule has 0 aromatic rings. The number of hydrogen-bond acceptors (Lipinski definition) is 2. The van der Waals surface area contributed by atoms with Gasteiger partial charge in [0.1, 0.15) is 0 Å². The average Bonchev–Trinajstić information content (AvgIpc) is 2.39. The Morgan fingerprint density at radius 1 is 1.15 bits per heavy atom. The van der Waals surface area contributed by atoms with Crippen molar-refractivity contribution in [3.8, 4) is 0 Å². The third-order valence-corrected chi connectivity index (χ3v) is 5.12. The summed E-state index contributed by atoms with van der Waals surface area (Å²) in [4.78, 5) is 0. The first-order chi connectivity index (χ1) is 9.49. The first-order valence-corrected chi connectivity index (χ1v) is 8.68. The molecule has 0 aromatic heterocycles. The van der Waals surface area contributed by atoms with E-state index in [1.165, 1.54) is 51.6 Å². The smallest absolute Gasteiger partial charge is 0.0462 e. The molecule has 0 spiro atoms. The molecular weight excluding hydrogens is 246 g/mol. The van der Waals surface area contributed by atoms with Crippen LogP contribution < -0.4 is 5.32 Å². The normalized spacial score (nSPS) is 27.8. The molecule has 1 fully saturated rings. The van der Waals surface area contributed by atoms with E-state index in [1.807, 2.05) is 7.11 Å². The standard InChI is InChI=1S/C18H37NO/c1-6-11-19-14-16-9-10-17(18(2,3)4)13-15(16)8-7-12-20-5/h15-17,19H,6-14H2,1-5H3. The highest BCUT2D eigenvalue weighted by Gasteiger charge is 2.35. The third kappa shape index (κ3) is 6.13. The molecule has 120 valence electrons. The number of ether oxygens (including phenoxy) is 1. The molecule has 0 heterocycles. The first-order valence-electron chi connectivity index (χ1n) is 8.68. The van der Waals surface area contributed by atoms with Crippen LogP contribution in [0.4, 0.5) is 0 Å². The fraction of sp³-hybridized carbons (Fsp3) is 1.00. The second-order valence-corrected chi connectivity index (χ2v) is 7.74. The fourth-order valence-electron chi connectivity index (χ4n) is 3.69. The Kier molecular flexibility index (Phi) is 8.13. The maximum absolute atomic E-state index is 5.25. The lowest BCUT2D eigenvalue weighted by Gasteiger charge is -2.42. The minimum absolute atomic E-state index is 0.474. The summed E-state index contributed by atoms with van der Waals surface area (Å²) < 4.78 is 5.25. The summed E-state index contributed by atoms with van der Waals surface area (Å²) in [6, 6.07) is 0. The molecule has 0 amide bonds. The van der Waals surface area contributed by atoms with Crippen molar-refractivity contribution in [3.63, 3.8) is 0 Å². The SMILES string of the molecule is CCCNCC1CCC(C(C)(C)C)CC1CCCOC. The quantitative estimate of drug-likeness (QED) is 0.663. The van der Waals surface area contributed by atoms with Gasteiger partial charge < -0.3 is 10.1 Å². The van der Waals surface area contributed by atoms with E-state index >= 15 is 0 Å². The van der Waals surface area contributed by atoms with Crippen LogP contribution in [-0.4, -0.2) is 26.8 Å². The van der Waals surface area contributed by atoms with Crippen LogP contribution in [0, 0.1) is 23.2 Å². The van der Waals surface area contributed by atoms with Crippen molar-refractivity contribution in [2.75, 3.05) is 26.8 Å². The van der Waals surface area contributed by atoms with E-state index in [0.29, 0.717) is 5.41 Å². The van der Waals surface area contributed by atoms with Crippen molar-refractivity contribution in [2.45, 2.75) is 66.2 Å². The zero-order valence-electron chi connectivity index (χ0n) is 14.5. The van der Waals surface area contributed by atoms with Gasteiger partial charge in [-0.25, -0.2) is 0 Å². The summed E-state index contributed by atoms with van der Waals surface area (Å²) in [6.45, 7) is 12.8. The predicted molar refractivity (Wildman–Crippen MR) is 88.0 cm³/mol. The Morgan fingerprint density at radius 2 is 1.90 bits per heavy atom. The Hall–Kier alpha value is -0.0800. The van der Waals surface area contributed by atoms with Gasteiger partial charge in [-0.1, -0.05) is 27.7 Å². The summed E-state index contributed by atoms with van der Waals surface area (Å²) in [5, 5.41) is 3.65. The maximum atomic E-state index is 5.25. The summed E-state index contributed by atoms with van der Waals surface area (Å²) in [5.74, 6) is 2.68. The molecule has 1 saturated carbocycles. The Bertz CT molecular complexity index is 246. The Morgan fingerprint density at radius 3 is 2.50 bits per heavy atom. The van der Waals surface area contributed by atoms with Gasteiger partial charge >= 0.3 is 0 Å². The highest BCUT2D eigenvalue weighted by Crippen LogP contribution is 2.44. The highest BCUT2D eigenvalue weighted by atomic mass is 16.5. The van der Waals surface area contributed by atoms with E-state index in [-0.39, 0.29) is 0 Å². The number of methoxy groups -OCH3 is 1. The maximum Gasteiger partial charge on any atom is 0.0462 e. The van der Waals surface area contributed by atoms with Gasteiger partial charge in [-0.3, -0.25) is 0 Å². The molecular formula is C18H37NO. The second kappa shape index (κ2) is 9.04. The minimum Gasteiger partial charge on any atom is -0.385 e. The molecule has 1 aliphatic rings. The van der Waals surface area contributed by atoms with Crippen LogP contribution in [0.25, 0.3) is 0 Å². The van der Waals surface area contributed by atoms with Crippen LogP contribution in [0.1, 0.15) is 66.2 Å². The van der Waals surface area contributed by atoms with Crippen molar-refractivity contribution in [2.24, 2.45) is 23.2 Å². The lowest BCUT2D eigenvalue weighted by molar-refractivity contribution is 0.0850. The van der Waals surface area contributed by atoms with E-state index in [1.54, 1.807) is 0 Å².